The SMILES string of the molecule is COc1ccc(S(=O)(=O)N(CC(=O)N(Cc2cccc(Br)c2)[C@H](Cc2ccccc2)C(=O)NC2CCCCC2)c2ccc(C)cc2)cc1OC. The van der Waals surface area contributed by atoms with Crippen LogP contribution >= 0.6 is 15.9 Å². The van der Waals surface area contributed by atoms with Crippen LogP contribution < -0.4 is 19.1 Å². The summed E-state index contributed by atoms with van der Waals surface area (Å²) in [6.07, 6.45) is 5.23. The normalized spacial score (nSPS) is 14.0. The van der Waals surface area contributed by atoms with Crippen LogP contribution in [-0.4, -0.2) is 58.0 Å². The molecule has 0 aliphatic heterocycles. The maximum Gasteiger partial charge on any atom is 0.264 e. The van der Waals surface area contributed by atoms with E-state index >= 15 is 0 Å². The van der Waals surface area contributed by atoms with Crippen LogP contribution in [0.1, 0.15) is 48.8 Å². The second-order valence-electron chi connectivity index (χ2n) is 12.6. The summed E-state index contributed by atoms with van der Waals surface area (Å²) in [5, 5.41) is 3.24. The average molecular weight is 763 g/mol. The van der Waals surface area contributed by atoms with Crippen molar-refractivity contribution in [1.82, 2.24) is 10.2 Å². The molecule has 0 bridgehead atoms. The van der Waals surface area contributed by atoms with Crippen molar-refractivity contribution in [1.29, 1.82) is 0 Å². The number of hydrogen-bond acceptors (Lipinski definition) is 6. The van der Waals surface area contributed by atoms with Crippen LogP contribution in [0.15, 0.2) is 106 Å². The number of benzene rings is 4. The monoisotopic (exact) mass is 761 g/mol. The first-order chi connectivity index (χ1) is 24.1. The van der Waals surface area contributed by atoms with Gasteiger partial charge in [0.15, 0.2) is 11.5 Å². The van der Waals surface area contributed by atoms with E-state index in [4.69, 9.17) is 9.47 Å². The van der Waals surface area contributed by atoms with Crippen LogP contribution in [0.25, 0.3) is 0 Å². The fourth-order valence-corrected chi connectivity index (χ4v) is 8.15. The molecule has 1 aliphatic carbocycles. The Kier molecular flexibility index (Phi) is 12.6. The number of aryl methyl sites for hydroxylation is 1. The molecule has 4 aromatic rings. The van der Waals surface area contributed by atoms with Crippen LogP contribution in [0.4, 0.5) is 5.69 Å². The minimum Gasteiger partial charge on any atom is -0.493 e. The van der Waals surface area contributed by atoms with Crippen molar-refractivity contribution >= 4 is 43.5 Å². The molecule has 264 valence electrons. The van der Waals surface area contributed by atoms with Gasteiger partial charge in [-0.05, 0) is 67.3 Å². The molecule has 5 rings (SSSR count). The molecule has 0 heterocycles. The molecule has 2 amide bonds. The van der Waals surface area contributed by atoms with Crippen molar-refractivity contribution in [3.8, 4) is 11.5 Å². The van der Waals surface area contributed by atoms with Crippen molar-refractivity contribution < 1.29 is 27.5 Å². The lowest BCUT2D eigenvalue weighted by Gasteiger charge is -2.35. The zero-order valence-electron chi connectivity index (χ0n) is 28.7. The summed E-state index contributed by atoms with van der Waals surface area (Å²) in [7, 11) is -1.42. The number of hydrogen-bond donors (Lipinski definition) is 1. The Morgan fingerprint density at radius 3 is 2.18 bits per heavy atom. The molecule has 0 unspecified atom stereocenters. The first-order valence-corrected chi connectivity index (χ1v) is 19.0. The summed E-state index contributed by atoms with van der Waals surface area (Å²) in [5.41, 5.74) is 2.92. The van der Waals surface area contributed by atoms with Gasteiger partial charge in [-0.25, -0.2) is 8.42 Å². The fourth-order valence-electron chi connectivity index (χ4n) is 6.27. The smallest absolute Gasteiger partial charge is 0.264 e. The molecule has 1 atom stereocenters. The molecule has 0 spiro atoms. The van der Waals surface area contributed by atoms with E-state index in [1.54, 1.807) is 24.3 Å². The summed E-state index contributed by atoms with van der Waals surface area (Å²) in [4.78, 5) is 30.5. The molecule has 1 fully saturated rings. The number of carbonyl (C=O) groups excluding carboxylic acids is 2. The third-order valence-corrected chi connectivity index (χ3v) is 11.3. The maximum absolute atomic E-state index is 14.8. The van der Waals surface area contributed by atoms with E-state index in [-0.39, 0.29) is 35.6 Å². The molecule has 9 nitrogen and oxygen atoms in total. The number of ether oxygens (including phenoxy) is 2. The number of halogens is 1. The molecule has 50 heavy (non-hydrogen) atoms. The highest BCUT2D eigenvalue weighted by Crippen LogP contribution is 2.33. The van der Waals surface area contributed by atoms with Gasteiger partial charge in [0.25, 0.3) is 10.0 Å². The van der Waals surface area contributed by atoms with Gasteiger partial charge in [0, 0.05) is 29.5 Å². The highest BCUT2D eigenvalue weighted by molar-refractivity contribution is 9.10. The Morgan fingerprint density at radius 1 is 0.840 bits per heavy atom. The maximum atomic E-state index is 14.8. The lowest BCUT2D eigenvalue weighted by Crippen LogP contribution is -2.55. The van der Waals surface area contributed by atoms with E-state index in [9.17, 15) is 18.0 Å². The number of anilines is 1. The summed E-state index contributed by atoms with van der Waals surface area (Å²) in [6.45, 7) is 1.45. The summed E-state index contributed by atoms with van der Waals surface area (Å²) in [5.74, 6) is -0.164. The second-order valence-corrected chi connectivity index (χ2v) is 15.3. The third-order valence-electron chi connectivity index (χ3n) is 9.01. The zero-order chi connectivity index (χ0) is 35.7. The summed E-state index contributed by atoms with van der Waals surface area (Å²) >= 11 is 3.54. The second kappa shape index (κ2) is 17.0. The van der Waals surface area contributed by atoms with Crippen molar-refractivity contribution in [2.24, 2.45) is 0 Å². The van der Waals surface area contributed by atoms with E-state index in [1.807, 2.05) is 61.5 Å². The lowest BCUT2D eigenvalue weighted by molar-refractivity contribution is -0.140. The Balaban J connectivity index is 1.58. The summed E-state index contributed by atoms with van der Waals surface area (Å²) < 4.78 is 41.6. The first kappa shape index (κ1) is 36.9. The standard InChI is InChI=1S/C39H44BrN3O6S/c1-28-17-19-33(20-18-28)43(50(46,47)34-21-22-36(48-2)37(25-34)49-3)27-38(44)42(26-30-13-10-14-31(40)23-30)35(24-29-11-6-4-7-12-29)39(45)41-32-15-8-5-9-16-32/h4,6-7,10-14,17-23,25,32,35H,5,8-9,15-16,24,26-27H2,1-3H3,(H,41,45)/t35-/m1/s1. The van der Waals surface area contributed by atoms with Crippen LogP contribution in [0.3, 0.4) is 0 Å². The van der Waals surface area contributed by atoms with Gasteiger partial charge in [-0.15, -0.1) is 0 Å². The Bertz CT molecular complexity index is 1860. The van der Waals surface area contributed by atoms with Crippen molar-refractivity contribution in [2.75, 3.05) is 25.1 Å². The number of amides is 2. The molecule has 0 aromatic heterocycles. The predicted octanol–water partition coefficient (Wildman–Crippen LogP) is 7.06. The molecule has 0 saturated heterocycles. The first-order valence-electron chi connectivity index (χ1n) is 16.8. The molecule has 11 heteroatoms. The average Bonchev–Trinajstić information content (AvgIpc) is 3.12. The van der Waals surface area contributed by atoms with Gasteiger partial charge < -0.3 is 19.7 Å². The third kappa shape index (κ3) is 9.25. The number of nitrogens with zero attached hydrogens (tertiary/aromatic N) is 2. The molecule has 1 aliphatic rings. The topological polar surface area (TPSA) is 105 Å². The molecule has 1 N–H and O–H groups in total. The van der Waals surface area contributed by atoms with Gasteiger partial charge in [-0.2, -0.15) is 0 Å². The van der Waals surface area contributed by atoms with Gasteiger partial charge in [0.2, 0.25) is 11.8 Å². The largest absolute Gasteiger partial charge is 0.493 e. The number of carbonyl (C=O) groups is 2. The van der Waals surface area contributed by atoms with Gasteiger partial charge in [0.05, 0.1) is 24.8 Å². The highest BCUT2D eigenvalue weighted by atomic mass is 79.9. The van der Waals surface area contributed by atoms with E-state index in [1.165, 1.54) is 37.3 Å². The van der Waals surface area contributed by atoms with E-state index < -0.39 is 28.5 Å². The van der Waals surface area contributed by atoms with E-state index in [0.717, 1.165) is 57.6 Å². The van der Waals surface area contributed by atoms with Crippen LogP contribution in [-0.2, 0) is 32.6 Å². The van der Waals surface area contributed by atoms with E-state index in [2.05, 4.69) is 21.2 Å². The molecular formula is C39H44BrN3O6S. The number of sulfonamides is 1. The Labute approximate surface area is 303 Å². The number of rotatable bonds is 14. The highest BCUT2D eigenvalue weighted by Gasteiger charge is 2.35. The molecule has 1 saturated carbocycles. The minimum atomic E-state index is -4.32. The van der Waals surface area contributed by atoms with Crippen LogP contribution in [0.2, 0.25) is 0 Å². The van der Waals surface area contributed by atoms with Crippen molar-refractivity contribution in [3.63, 3.8) is 0 Å². The van der Waals surface area contributed by atoms with Gasteiger partial charge >= 0.3 is 0 Å². The molecule has 0 radical (unpaired) electrons. The number of methoxy groups -OCH3 is 2. The van der Waals surface area contributed by atoms with Gasteiger partial charge in [-0.1, -0.05) is 95.4 Å². The predicted molar refractivity (Wildman–Crippen MR) is 199 cm³/mol. The molecular weight excluding hydrogens is 718 g/mol. The van der Waals surface area contributed by atoms with Gasteiger partial charge in [-0.3, -0.25) is 13.9 Å². The summed E-state index contributed by atoms with van der Waals surface area (Å²) in [6, 6.07) is 27.5. The van der Waals surface area contributed by atoms with Crippen molar-refractivity contribution in [2.45, 2.75) is 69.0 Å². The van der Waals surface area contributed by atoms with Crippen molar-refractivity contribution in [3.05, 3.63) is 118 Å². The quantitative estimate of drug-likeness (QED) is 0.148. The lowest BCUT2D eigenvalue weighted by atomic mass is 9.94. The van der Waals surface area contributed by atoms with Crippen LogP contribution in [0.5, 0.6) is 11.5 Å². The Morgan fingerprint density at radius 2 is 1.52 bits per heavy atom. The van der Waals surface area contributed by atoms with Crippen LogP contribution in [0, 0.1) is 6.92 Å². The number of nitrogens with one attached hydrogen (secondary N) is 1. The van der Waals surface area contributed by atoms with Gasteiger partial charge in [0.1, 0.15) is 12.6 Å². The minimum absolute atomic E-state index is 0.0202. The Hall–Kier alpha value is -4.35. The molecule has 4 aromatic carbocycles. The zero-order valence-corrected chi connectivity index (χ0v) is 31.1. The van der Waals surface area contributed by atoms with E-state index in [0.29, 0.717) is 11.4 Å². The fraction of sp³-hybridized carbons (Fsp3) is 0.333.